The van der Waals surface area contributed by atoms with E-state index >= 15 is 0 Å². The Hall–Kier alpha value is -0.570. The van der Waals surface area contributed by atoms with Gasteiger partial charge in [0.2, 0.25) is 5.91 Å². The van der Waals surface area contributed by atoms with Crippen molar-refractivity contribution in [1.29, 1.82) is 0 Å². The molecule has 1 saturated heterocycles. The molecule has 1 aliphatic carbocycles. The third-order valence-corrected chi connectivity index (χ3v) is 4.01. The predicted octanol–water partition coefficient (Wildman–Crippen LogP) is 1.03. The Balaban J connectivity index is 1.90. The fourth-order valence-electron chi connectivity index (χ4n) is 2.97. The third kappa shape index (κ3) is 1.92. The number of carbonyl (C=O) groups is 1. The molecule has 3 N–H and O–H groups in total. The summed E-state index contributed by atoms with van der Waals surface area (Å²) in [5.74, 6) is 0.0613. The maximum absolute atomic E-state index is 11.0. The number of rotatable bonds is 1. The van der Waals surface area contributed by atoms with Crippen LogP contribution >= 0.6 is 0 Å². The van der Waals surface area contributed by atoms with Gasteiger partial charge < -0.3 is 11.1 Å². The van der Waals surface area contributed by atoms with Gasteiger partial charge in [-0.15, -0.1) is 0 Å². The number of primary amides is 1. The summed E-state index contributed by atoms with van der Waals surface area (Å²) in [5.41, 5.74) is 5.83. The van der Waals surface area contributed by atoms with Gasteiger partial charge in [0.05, 0.1) is 0 Å². The molecule has 1 aliphatic heterocycles. The monoisotopic (exact) mass is 196 g/mol. The molecule has 2 rings (SSSR count). The van der Waals surface area contributed by atoms with Gasteiger partial charge in [-0.3, -0.25) is 4.79 Å². The van der Waals surface area contributed by atoms with E-state index in [4.69, 9.17) is 5.73 Å². The minimum Gasteiger partial charge on any atom is -0.369 e. The van der Waals surface area contributed by atoms with E-state index in [9.17, 15) is 4.79 Å². The first-order chi connectivity index (χ1) is 6.72. The third-order valence-electron chi connectivity index (χ3n) is 4.01. The minimum absolute atomic E-state index is 0.0939. The van der Waals surface area contributed by atoms with Crippen molar-refractivity contribution in [1.82, 2.24) is 5.32 Å². The highest BCUT2D eigenvalue weighted by atomic mass is 16.1. The lowest BCUT2D eigenvalue weighted by atomic mass is 9.67. The van der Waals surface area contributed by atoms with E-state index in [0.29, 0.717) is 5.41 Å². The first-order valence-corrected chi connectivity index (χ1v) is 5.72. The quantitative estimate of drug-likeness (QED) is 0.658. The summed E-state index contributed by atoms with van der Waals surface area (Å²) in [5, 5.41) is 3.47. The van der Waals surface area contributed by atoms with E-state index in [1.165, 1.54) is 32.2 Å². The summed E-state index contributed by atoms with van der Waals surface area (Å²) in [6.07, 6.45) is 7.03. The van der Waals surface area contributed by atoms with Crippen molar-refractivity contribution >= 4 is 5.91 Å². The molecule has 0 atom stereocenters. The molecule has 1 spiro atoms. The first kappa shape index (κ1) is 9.97. The summed E-state index contributed by atoms with van der Waals surface area (Å²) in [7, 11) is 0. The summed E-state index contributed by atoms with van der Waals surface area (Å²) in [6, 6.07) is 0. The van der Waals surface area contributed by atoms with Crippen molar-refractivity contribution in [2.45, 2.75) is 38.5 Å². The topological polar surface area (TPSA) is 55.1 Å². The van der Waals surface area contributed by atoms with Crippen LogP contribution in [0.15, 0.2) is 0 Å². The molecule has 0 bridgehead atoms. The van der Waals surface area contributed by atoms with Crippen LogP contribution in [-0.2, 0) is 4.79 Å². The van der Waals surface area contributed by atoms with E-state index < -0.39 is 0 Å². The van der Waals surface area contributed by atoms with Crippen LogP contribution in [0.25, 0.3) is 0 Å². The maximum atomic E-state index is 11.0. The van der Waals surface area contributed by atoms with Crippen LogP contribution in [-0.4, -0.2) is 19.0 Å². The zero-order valence-corrected chi connectivity index (χ0v) is 8.72. The second kappa shape index (κ2) is 3.89. The van der Waals surface area contributed by atoms with Gasteiger partial charge in [0.25, 0.3) is 0 Å². The molecule has 3 nitrogen and oxygen atoms in total. The Morgan fingerprint density at radius 3 is 2.50 bits per heavy atom. The van der Waals surface area contributed by atoms with Gasteiger partial charge in [-0.05, 0) is 50.5 Å². The van der Waals surface area contributed by atoms with Crippen LogP contribution in [0.3, 0.4) is 0 Å². The summed E-state index contributed by atoms with van der Waals surface area (Å²) in [4.78, 5) is 11.0. The Kier molecular flexibility index (Phi) is 2.77. The van der Waals surface area contributed by atoms with Crippen LogP contribution in [0.4, 0.5) is 0 Å². The van der Waals surface area contributed by atoms with E-state index in [-0.39, 0.29) is 11.8 Å². The molecule has 0 aromatic rings. The molecule has 80 valence electrons. The zero-order chi connectivity index (χ0) is 10.0. The fraction of sp³-hybridized carbons (Fsp3) is 0.909. The average molecular weight is 196 g/mol. The Bertz CT molecular complexity index is 211. The highest BCUT2D eigenvalue weighted by Gasteiger charge is 2.37. The van der Waals surface area contributed by atoms with Gasteiger partial charge in [0.15, 0.2) is 0 Å². The SMILES string of the molecule is NC(=O)C1CCC2(CCCNC2)CC1. The molecule has 0 unspecified atom stereocenters. The molecule has 2 aliphatic rings. The van der Waals surface area contributed by atoms with Crippen molar-refractivity contribution in [3.63, 3.8) is 0 Å². The van der Waals surface area contributed by atoms with E-state index in [0.717, 1.165) is 19.4 Å². The van der Waals surface area contributed by atoms with Gasteiger partial charge in [-0.25, -0.2) is 0 Å². The van der Waals surface area contributed by atoms with Crippen LogP contribution in [0.2, 0.25) is 0 Å². The van der Waals surface area contributed by atoms with Crippen LogP contribution in [0.5, 0.6) is 0 Å². The largest absolute Gasteiger partial charge is 0.369 e. The lowest BCUT2D eigenvalue weighted by Gasteiger charge is -2.42. The van der Waals surface area contributed by atoms with Gasteiger partial charge >= 0.3 is 0 Å². The highest BCUT2D eigenvalue weighted by molar-refractivity contribution is 5.76. The second-order valence-electron chi connectivity index (χ2n) is 4.96. The molecule has 0 radical (unpaired) electrons. The average Bonchev–Trinajstić information content (AvgIpc) is 2.19. The summed E-state index contributed by atoms with van der Waals surface area (Å²) >= 11 is 0. The Labute approximate surface area is 85.4 Å². The molecule has 1 saturated carbocycles. The second-order valence-corrected chi connectivity index (χ2v) is 4.96. The summed E-state index contributed by atoms with van der Waals surface area (Å²) < 4.78 is 0. The molecule has 0 aromatic heterocycles. The van der Waals surface area contributed by atoms with Gasteiger partial charge in [-0.1, -0.05) is 0 Å². The minimum atomic E-state index is -0.0939. The van der Waals surface area contributed by atoms with Crippen molar-refractivity contribution in [3.05, 3.63) is 0 Å². The van der Waals surface area contributed by atoms with E-state index in [1.807, 2.05) is 0 Å². The van der Waals surface area contributed by atoms with Crippen LogP contribution in [0.1, 0.15) is 38.5 Å². The molecule has 3 heteroatoms. The number of hydrogen-bond donors (Lipinski definition) is 2. The zero-order valence-electron chi connectivity index (χ0n) is 8.72. The predicted molar refractivity (Wildman–Crippen MR) is 55.7 cm³/mol. The van der Waals surface area contributed by atoms with Crippen LogP contribution in [0, 0.1) is 11.3 Å². The fourth-order valence-corrected chi connectivity index (χ4v) is 2.97. The highest BCUT2D eigenvalue weighted by Crippen LogP contribution is 2.42. The number of hydrogen-bond acceptors (Lipinski definition) is 2. The molecule has 1 amide bonds. The normalized spacial score (nSPS) is 38.4. The molecule has 2 fully saturated rings. The number of piperidine rings is 1. The molecular weight excluding hydrogens is 176 g/mol. The number of carbonyl (C=O) groups excluding carboxylic acids is 1. The number of nitrogens with two attached hydrogens (primary N) is 1. The van der Waals surface area contributed by atoms with E-state index in [1.54, 1.807) is 0 Å². The standard InChI is InChI=1S/C11H20N2O/c12-10(14)9-2-5-11(6-3-9)4-1-7-13-8-11/h9,13H,1-8H2,(H2,12,14). The summed E-state index contributed by atoms with van der Waals surface area (Å²) in [6.45, 7) is 2.32. The van der Waals surface area contributed by atoms with Crippen molar-refractivity contribution in [2.75, 3.05) is 13.1 Å². The van der Waals surface area contributed by atoms with Gasteiger partial charge in [0, 0.05) is 12.5 Å². The molecule has 14 heavy (non-hydrogen) atoms. The van der Waals surface area contributed by atoms with Crippen molar-refractivity contribution in [3.8, 4) is 0 Å². The number of amides is 1. The molecular formula is C11H20N2O. The van der Waals surface area contributed by atoms with E-state index in [2.05, 4.69) is 5.32 Å². The van der Waals surface area contributed by atoms with Gasteiger partial charge in [-0.2, -0.15) is 0 Å². The molecule has 1 heterocycles. The van der Waals surface area contributed by atoms with Gasteiger partial charge in [0.1, 0.15) is 0 Å². The Morgan fingerprint density at radius 2 is 2.00 bits per heavy atom. The van der Waals surface area contributed by atoms with Crippen molar-refractivity contribution < 1.29 is 4.79 Å². The maximum Gasteiger partial charge on any atom is 0.220 e. The van der Waals surface area contributed by atoms with Crippen LogP contribution < -0.4 is 11.1 Å². The lowest BCUT2D eigenvalue weighted by Crippen LogP contribution is -2.43. The smallest absolute Gasteiger partial charge is 0.220 e. The lowest BCUT2D eigenvalue weighted by molar-refractivity contribution is -0.123. The Morgan fingerprint density at radius 1 is 1.29 bits per heavy atom. The van der Waals surface area contributed by atoms with Crippen molar-refractivity contribution in [2.24, 2.45) is 17.1 Å². The first-order valence-electron chi connectivity index (χ1n) is 5.72. The number of nitrogens with one attached hydrogen (secondary N) is 1. The molecule has 0 aromatic carbocycles.